The highest BCUT2D eigenvalue weighted by Gasteiger charge is 1.76. The van der Waals surface area contributed by atoms with Crippen LogP contribution in [-0.2, 0) is 4.79 Å². The second-order valence-corrected chi connectivity index (χ2v) is 0.680. The molecule has 0 rings (SSSR count). The third kappa shape index (κ3) is 3.09. The van der Waals surface area contributed by atoms with Crippen molar-refractivity contribution in [1.29, 1.82) is 0 Å². The van der Waals surface area contributed by atoms with Gasteiger partial charge in [0.2, 0.25) is 0 Å². The molecule has 0 aliphatic heterocycles. The van der Waals surface area contributed by atoms with Crippen LogP contribution in [0.5, 0.6) is 0 Å². The van der Waals surface area contributed by atoms with Gasteiger partial charge in [-0.3, -0.25) is 0 Å². The molecule has 0 amide bonds. The molecule has 30 valence electrons. The molecule has 0 saturated carbocycles. The van der Waals surface area contributed by atoms with Gasteiger partial charge in [0.25, 0.3) is 0 Å². The van der Waals surface area contributed by atoms with Gasteiger partial charge in [0.05, 0.1) is 0 Å². The molecular weight excluding hydrogens is 78.8 g/mol. The Balaban J connectivity index is 3.50. The van der Waals surface area contributed by atoms with Crippen LogP contribution in [0.2, 0.25) is 0 Å². The van der Waals surface area contributed by atoms with Gasteiger partial charge in [-0.2, -0.15) is 5.82 Å². The Hall–Kier alpha value is -0.905. The maximum absolute atomic E-state index is 9.43. The monoisotopic (exact) mass is 82.0 g/mol. The van der Waals surface area contributed by atoms with Crippen LogP contribution in [-0.4, -0.2) is 18.9 Å². The fourth-order valence-corrected chi connectivity index (χ4v) is 0.107. The predicted octanol–water partition coefficient (Wildman–Crippen LogP) is -1.33. The van der Waals surface area contributed by atoms with Gasteiger partial charge in [-0.15, -0.1) is 0 Å². The van der Waals surface area contributed by atoms with E-state index < -0.39 is 5.97 Å². The first kappa shape index (κ1) is 5.09. The van der Waals surface area contributed by atoms with E-state index in [4.69, 9.17) is 5.11 Å². The van der Waals surface area contributed by atoms with Crippen molar-refractivity contribution in [1.82, 2.24) is 0 Å². The lowest BCUT2D eigenvalue weighted by atomic mass is 10.2. The van der Waals surface area contributed by atoms with E-state index in [2.05, 4.69) is 5.82 Å². The third-order valence-electron chi connectivity index (χ3n) is 0.232. The maximum Gasteiger partial charge on any atom is 0.380 e. The van der Waals surface area contributed by atoms with Crippen LogP contribution in [0.15, 0.2) is 0 Å². The summed E-state index contributed by atoms with van der Waals surface area (Å²) in [7, 11) is 1.48. The lowest BCUT2D eigenvalue weighted by Crippen LogP contribution is -1.85. The number of hydrogen-bond acceptors (Lipinski definition) is 1. The molecule has 1 N–H and O–H groups in total. The van der Waals surface area contributed by atoms with Crippen LogP contribution in [0.4, 0.5) is 0 Å². The minimum atomic E-state index is -1.07. The highest BCUT2D eigenvalue weighted by Crippen LogP contribution is 1.48. The molecule has 0 radical (unpaired) electrons. The van der Waals surface area contributed by atoms with Crippen LogP contribution in [0.3, 0.4) is 0 Å². The van der Waals surface area contributed by atoms with Crippen LogP contribution in [0, 0.1) is 11.7 Å². The summed E-state index contributed by atoms with van der Waals surface area (Å²) in [5.74, 6) is 3.02. The van der Waals surface area contributed by atoms with Gasteiger partial charge in [0.15, 0.2) is 7.85 Å². The molecule has 2 nitrogen and oxygen atoms in total. The summed E-state index contributed by atoms with van der Waals surface area (Å²) in [6, 6.07) is 0. The van der Waals surface area contributed by atoms with Gasteiger partial charge < -0.3 is 5.11 Å². The topological polar surface area (TPSA) is 37.3 Å². The van der Waals surface area contributed by atoms with Crippen LogP contribution < -0.4 is 0 Å². The Bertz CT molecular complexity index is 108. The molecule has 0 bridgehead atoms. The highest BCUT2D eigenvalue weighted by atomic mass is 16.4. The molecule has 0 unspecified atom stereocenters. The Morgan fingerprint density at radius 1 is 1.83 bits per heavy atom. The summed E-state index contributed by atoms with van der Waals surface area (Å²) in [4.78, 5) is 9.43. The normalized spacial score (nSPS) is 5.33. The summed E-state index contributed by atoms with van der Waals surface area (Å²) in [5.41, 5.74) is 0. The SMILES string of the molecule is BC#CC(=O)O. The summed E-state index contributed by atoms with van der Waals surface area (Å²) in [6.45, 7) is 0. The van der Waals surface area contributed by atoms with Gasteiger partial charge >= 0.3 is 5.97 Å². The van der Waals surface area contributed by atoms with Crippen molar-refractivity contribution >= 4 is 13.8 Å². The first-order valence-electron chi connectivity index (χ1n) is 1.43. The summed E-state index contributed by atoms with van der Waals surface area (Å²) >= 11 is 0. The average molecular weight is 81.9 g/mol. The Labute approximate surface area is 36.6 Å². The second-order valence-electron chi connectivity index (χ2n) is 0.680. The quantitative estimate of drug-likeness (QED) is 0.290. The molecule has 6 heavy (non-hydrogen) atoms. The lowest BCUT2D eigenvalue weighted by molar-refractivity contribution is -0.130. The largest absolute Gasteiger partial charge is 0.472 e. The summed E-state index contributed by atoms with van der Waals surface area (Å²) < 4.78 is 0. The molecule has 0 saturated heterocycles. The molecule has 0 heterocycles. The average Bonchev–Trinajstić information content (AvgIpc) is 1.35. The maximum atomic E-state index is 9.43. The van der Waals surface area contributed by atoms with E-state index in [1.165, 1.54) is 7.85 Å². The van der Waals surface area contributed by atoms with Gasteiger partial charge in [-0.25, -0.2) is 4.79 Å². The van der Waals surface area contributed by atoms with E-state index in [-0.39, 0.29) is 0 Å². The molecule has 0 aromatic carbocycles. The zero-order valence-electron chi connectivity index (χ0n) is 3.36. The summed E-state index contributed by atoms with van der Waals surface area (Å²) in [5, 5.41) is 7.74. The lowest BCUT2D eigenvalue weighted by Gasteiger charge is -1.63. The van der Waals surface area contributed by atoms with E-state index in [9.17, 15) is 4.79 Å². The van der Waals surface area contributed by atoms with Gasteiger partial charge in [0, 0.05) is 5.92 Å². The van der Waals surface area contributed by atoms with Crippen molar-refractivity contribution in [2.75, 3.05) is 0 Å². The smallest absolute Gasteiger partial charge is 0.380 e. The van der Waals surface area contributed by atoms with Crippen molar-refractivity contribution in [2.45, 2.75) is 0 Å². The fourth-order valence-electron chi connectivity index (χ4n) is 0.107. The number of carbonyl (C=O) groups is 1. The van der Waals surface area contributed by atoms with Crippen molar-refractivity contribution in [3.05, 3.63) is 0 Å². The Morgan fingerprint density at radius 2 is 2.33 bits per heavy atom. The van der Waals surface area contributed by atoms with E-state index in [1.54, 1.807) is 0 Å². The number of rotatable bonds is 0. The minimum absolute atomic E-state index is 1.07. The van der Waals surface area contributed by atoms with Gasteiger partial charge in [-0.1, -0.05) is 0 Å². The Morgan fingerprint density at radius 3 is 2.33 bits per heavy atom. The first-order chi connectivity index (χ1) is 2.77. The van der Waals surface area contributed by atoms with E-state index in [0.29, 0.717) is 0 Å². The van der Waals surface area contributed by atoms with Crippen molar-refractivity contribution in [3.8, 4) is 11.7 Å². The molecule has 0 spiro atoms. The zero-order chi connectivity index (χ0) is 4.99. The highest BCUT2D eigenvalue weighted by molar-refractivity contribution is 6.23. The molecule has 0 aliphatic rings. The molecule has 3 heteroatoms. The van der Waals surface area contributed by atoms with Crippen LogP contribution >= 0.6 is 0 Å². The fraction of sp³-hybridized carbons (Fsp3) is 0. The minimum Gasteiger partial charge on any atom is -0.472 e. The first-order valence-corrected chi connectivity index (χ1v) is 1.43. The van der Waals surface area contributed by atoms with Crippen molar-refractivity contribution < 1.29 is 9.90 Å². The Kier molecular flexibility index (Phi) is 1.99. The molecule has 0 aliphatic carbocycles. The number of hydrogen-bond donors (Lipinski definition) is 1. The van der Waals surface area contributed by atoms with Crippen molar-refractivity contribution in [2.24, 2.45) is 0 Å². The third-order valence-corrected chi connectivity index (χ3v) is 0.232. The van der Waals surface area contributed by atoms with Gasteiger partial charge in [-0.05, 0) is 0 Å². The van der Waals surface area contributed by atoms with E-state index in [0.717, 1.165) is 0 Å². The van der Waals surface area contributed by atoms with Crippen LogP contribution in [0.1, 0.15) is 0 Å². The van der Waals surface area contributed by atoms with Crippen LogP contribution in [0.25, 0.3) is 0 Å². The second kappa shape index (κ2) is 2.34. The van der Waals surface area contributed by atoms with Crippen molar-refractivity contribution in [3.63, 3.8) is 0 Å². The number of aliphatic carboxylic acids is 1. The van der Waals surface area contributed by atoms with E-state index >= 15 is 0 Å². The molecule has 0 aromatic heterocycles. The zero-order valence-corrected chi connectivity index (χ0v) is 3.36. The van der Waals surface area contributed by atoms with E-state index in [1.807, 2.05) is 5.92 Å². The predicted molar refractivity (Wildman–Crippen MR) is 24.0 cm³/mol. The standard InChI is InChI=1S/C3H3BO2/c4-2-1-3(5)6/h4H2,(H,5,6). The van der Waals surface area contributed by atoms with Gasteiger partial charge in [0.1, 0.15) is 0 Å². The molecular formula is C3H3BO2. The summed E-state index contributed by atoms with van der Waals surface area (Å²) in [6.07, 6.45) is 0. The molecule has 0 aromatic rings. The molecule has 0 atom stereocenters. The number of carboxylic acids is 1. The molecule has 0 fully saturated rings. The number of carboxylic acid groups (broad SMARTS) is 1.